The van der Waals surface area contributed by atoms with Gasteiger partial charge in [-0.3, -0.25) is 4.79 Å². The molecule has 0 saturated heterocycles. The molecule has 1 fully saturated rings. The van der Waals surface area contributed by atoms with E-state index in [1.165, 1.54) is 6.20 Å². The van der Waals surface area contributed by atoms with Gasteiger partial charge in [-0.2, -0.15) is 4.39 Å². The van der Waals surface area contributed by atoms with Crippen LogP contribution < -0.4 is 10.2 Å². The molecule has 2 heterocycles. The fraction of sp³-hybridized carbons (Fsp3) is 0.286. The van der Waals surface area contributed by atoms with Gasteiger partial charge in [-0.25, -0.2) is 9.18 Å². The van der Waals surface area contributed by atoms with Crippen LogP contribution in [-0.2, 0) is 5.54 Å². The van der Waals surface area contributed by atoms with Gasteiger partial charge in [0.15, 0.2) is 11.6 Å². The molecule has 1 aromatic heterocycles. The Morgan fingerprint density at radius 3 is 2.71 bits per heavy atom. The number of aromatic nitrogens is 1. The monoisotopic (exact) mass is 293 g/mol. The summed E-state index contributed by atoms with van der Waals surface area (Å²) in [6.07, 6.45) is 2.69. The maximum atomic E-state index is 13.9. The van der Waals surface area contributed by atoms with Gasteiger partial charge in [0.1, 0.15) is 12.2 Å². The van der Waals surface area contributed by atoms with Gasteiger partial charge in [0.05, 0.1) is 16.4 Å². The first-order valence-electron chi connectivity index (χ1n) is 6.38. The van der Waals surface area contributed by atoms with E-state index in [0.29, 0.717) is 0 Å². The summed E-state index contributed by atoms with van der Waals surface area (Å²) in [5, 5.41) is 8.96. The van der Waals surface area contributed by atoms with Crippen molar-refractivity contribution in [1.82, 2.24) is 4.57 Å². The number of rotatable bonds is 1. The fourth-order valence-electron chi connectivity index (χ4n) is 2.87. The molecule has 5 nitrogen and oxygen atoms in total. The van der Waals surface area contributed by atoms with Crippen LogP contribution in [0.2, 0.25) is 0 Å². The molecule has 1 N–H and O–H groups in total. The first kappa shape index (κ1) is 12.3. The number of aromatic carboxylic acids is 1. The first-order valence-corrected chi connectivity index (χ1v) is 6.38. The van der Waals surface area contributed by atoms with E-state index < -0.39 is 34.1 Å². The van der Waals surface area contributed by atoms with Crippen LogP contribution in [0.5, 0.6) is 5.75 Å². The summed E-state index contributed by atoms with van der Waals surface area (Å²) in [6.45, 7) is 0.136. The second kappa shape index (κ2) is 3.60. The molecule has 0 bridgehead atoms. The average molecular weight is 293 g/mol. The third kappa shape index (κ3) is 1.43. The molecule has 1 aliphatic heterocycles. The molecule has 0 atom stereocenters. The van der Waals surface area contributed by atoms with Crippen molar-refractivity contribution in [2.45, 2.75) is 18.4 Å². The molecule has 0 radical (unpaired) electrons. The molecule has 7 heteroatoms. The van der Waals surface area contributed by atoms with Gasteiger partial charge >= 0.3 is 5.97 Å². The van der Waals surface area contributed by atoms with Gasteiger partial charge in [0.25, 0.3) is 0 Å². The second-order valence-electron chi connectivity index (χ2n) is 5.46. The third-order valence-corrected chi connectivity index (χ3v) is 4.19. The third-order valence-electron chi connectivity index (χ3n) is 4.19. The van der Waals surface area contributed by atoms with Gasteiger partial charge in [-0.1, -0.05) is 0 Å². The van der Waals surface area contributed by atoms with E-state index in [1.807, 2.05) is 0 Å². The van der Waals surface area contributed by atoms with Crippen molar-refractivity contribution in [3.8, 4) is 5.75 Å². The van der Waals surface area contributed by atoms with Gasteiger partial charge in [-0.15, -0.1) is 0 Å². The zero-order valence-electron chi connectivity index (χ0n) is 10.7. The Kier molecular flexibility index (Phi) is 2.11. The number of hydrogen-bond donors (Lipinski definition) is 1. The number of carbonyl (C=O) groups is 1. The lowest BCUT2D eigenvalue weighted by molar-refractivity contribution is 0.0694. The van der Waals surface area contributed by atoms with Gasteiger partial charge < -0.3 is 14.4 Å². The lowest BCUT2D eigenvalue weighted by atomic mass is 10.1. The SMILES string of the molecule is O=C(O)c1cn2c3c(c(F)c(F)cc3c1=O)OCC21CC1. The zero-order chi connectivity index (χ0) is 14.9. The lowest BCUT2D eigenvalue weighted by Crippen LogP contribution is -2.33. The van der Waals surface area contributed by atoms with E-state index in [9.17, 15) is 18.4 Å². The molecule has 108 valence electrons. The van der Waals surface area contributed by atoms with E-state index in [2.05, 4.69) is 0 Å². The van der Waals surface area contributed by atoms with Crippen molar-refractivity contribution in [1.29, 1.82) is 0 Å². The number of hydrogen-bond acceptors (Lipinski definition) is 3. The Bertz CT molecular complexity index is 883. The number of ether oxygens (including phenoxy) is 1. The van der Waals surface area contributed by atoms with Crippen molar-refractivity contribution in [2.24, 2.45) is 0 Å². The average Bonchev–Trinajstić information content (AvgIpc) is 3.20. The molecule has 1 aromatic carbocycles. The van der Waals surface area contributed by atoms with Crippen molar-refractivity contribution < 1.29 is 23.4 Å². The molecule has 2 aromatic rings. The number of benzene rings is 1. The van der Waals surface area contributed by atoms with Gasteiger partial charge in [0, 0.05) is 6.20 Å². The number of carboxylic acid groups (broad SMARTS) is 1. The summed E-state index contributed by atoms with van der Waals surface area (Å²) in [6, 6.07) is 0.740. The van der Waals surface area contributed by atoms with E-state index >= 15 is 0 Å². The number of nitrogens with zero attached hydrogens (tertiary/aromatic N) is 1. The molecule has 0 unspecified atom stereocenters. The molecule has 21 heavy (non-hydrogen) atoms. The summed E-state index contributed by atoms with van der Waals surface area (Å²) >= 11 is 0. The predicted molar refractivity (Wildman–Crippen MR) is 67.8 cm³/mol. The van der Waals surface area contributed by atoms with Crippen molar-refractivity contribution in [3.63, 3.8) is 0 Å². The highest BCUT2D eigenvalue weighted by Crippen LogP contribution is 2.50. The molecule has 4 rings (SSSR count). The minimum Gasteiger partial charge on any atom is -0.486 e. The minimum absolute atomic E-state index is 0.132. The standard InChI is InChI=1S/C14H9F2NO4/c15-8-3-6-10-12(9(8)16)21-5-14(1-2-14)17(10)4-7(11(6)18)13(19)20/h3-4H,1-2,5H2,(H,19,20). The van der Waals surface area contributed by atoms with Crippen LogP contribution in [0.25, 0.3) is 10.9 Å². The largest absolute Gasteiger partial charge is 0.486 e. The maximum absolute atomic E-state index is 13.9. The van der Waals surface area contributed by atoms with E-state index in [-0.39, 0.29) is 23.3 Å². The fourth-order valence-corrected chi connectivity index (χ4v) is 2.87. The maximum Gasteiger partial charge on any atom is 0.341 e. The summed E-state index contributed by atoms with van der Waals surface area (Å²) in [4.78, 5) is 23.4. The summed E-state index contributed by atoms with van der Waals surface area (Å²) in [5.74, 6) is -4.10. The quantitative estimate of drug-likeness (QED) is 0.871. The Balaban J connectivity index is 2.24. The van der Waals surface area contributed by atoms with Crippen LogP contribution in [0.3, 0.4) is 0 Å². The van der Waals surface area contributed by atoms with Crippen LogP contribution in [0.1, 0.15) is 23.2 Å². The van der Waals surface area contributed by atoms with Crippen molar-refractivity contribution in [3.05, 3.63) is 39.7 Å². The highest BCUT2D eigenvalue weighted by Gasteiger charge is 2.49. The normalized spacial score (nSPS) is 17.8. The zero-order valence-corrected chi connectivity index (χ0v) is 10.7. The Morgan fingerprint density at radius 1 is 1.38 bits per heavy atom. The Morgan fingerprint density at radius 2 is 2.10 bits per heavy atom. The second-order valence-corrected chi connectivity index (χ2v) is 5.46. The van der Waals surface area contributed by atoms with Crippen molar-refractivity contribution in [2.75, 3.05) is 6.61 Å². The highest BCUT2D eigenvalue weighted by molar-refractivity contribution is 5.95. The molecule has 2 aliphatic rings. The molecular weight excluding hydrogens is 284 g/mol. The van der Waals surface area contributed by atoms with Crippen LogP contribution in [-0.4, -0.2) is 22.2 Å². The number of carboxylic acids is 1. The number of halogens is 2. The lowest BCUT2D eigenvalue weighted by Gasteiger charge is -2.29. The predicted octanol–water partition coefficient (Wildman–Crippen LogP) is 1.86. The van der Waals surface area contributed by atoms with Crippen LogP contribution in [0.4, 0.5) is 8.78 Å². The van der Waals surface area contributed by atoms with Gasteiger partial charge in [-0.05, 0) is 18.9 Å². The van der Waals surface area contributed by atoms with Crippen LogP contribution in [0, 0.1) is 11.6 Å². The molecule has 1 saturated carbocycles. The van der Waals surface area contributed by atoms with Crippen LogP contribution in [0.15, 0.2) is 17.1 Å². The van der Waals surface area contributed by atoms with E-state index in [4.69, 9.17) is 9.84 Å². The first-order chi connectivity index (χ1) is 9.94. The molecule has 0 amide bonds. The molecular formula is C14H9F2NO4. The molecule has 1 spiro atoms. The Labute approximate surface area is 116 Å². The van der Waals surface area contributed by atoms with E-state index in [0.717, 1.165) is 18.9 Å². The molecule has 1 aliphatic carbocycles. The highest BCUT2D eigenvalue weighted by atomic mass is 19.2. The van der Waals surface area contributed by atoms with E-state index in [1.54, 1.807) is 4.57 Å². The summed E-state index contributed by atoms with van der Waals surface area (Å²) in [5.41, 5.74) is -1.61. The van der Waals surface area contributed by atoms with Gasteiger partial charge in [0.2, 0.25) is 11.2 Å². The smallest absolute Gasteiger partial charge is 0.341 e. The van der Waals surface area contributed by atoms with Crippen molar-refractivity contribution >= 4 is 16.9 Å². The number of pyridine rings is 1. The Hall–Kier alpha value is -2.44. The number of fused-ring (bicyclic) bond motifs is 1. The summed E-state index contributed by atoms with van der Waals surface area (Å²) in [7, 11) is 0. The minimum atomic E-state index is -1.39. The summed E-state index contributed by atoms with van der Waals surface area (Å²) < 4.78 is 34.4. The topological polar surface area (TPSA) is 68.5 Å². The van der Waals surface area contributed by atoms with Crippen LogP contribution >= 0.6 is 0 Å².